The van der Waals surface area contributed by atoms with Crippen LogP contribution in [0.5, 0.6) is 5.75 Å². The summed E-state index contributed by atoms with van der Waals surface area (Å²) in [6.45, 7) is 0.409. The molecule has 0 atom stereocenters. The first-order valence-electron chi connectivity index (χ1n) is 6.62. The van der Waals surface area contributed by atoms with Crippen LogP contribution in [-0.4, -0.2) is 29.5 Å². The molecule has 0 aromatic heterocycles. The Labute approximate surface area is 125 Å². The third-order valence-corrected chi connectivity index (χ3v) is 3.51. The fourth-order valence-corrected chi connectivity index (χ4v) is 2.12. The maximum atomic E-state index is 11.8. The standard InChI is InChI=1S/C14H17BrN2O3/c15-9-3-6-11(12(18)8-9)14(20)16-7-1-2-13(19)17-10-4-5-10/h3,6,8,10,18H,1-2,4-5,7H2,(H,16,20)(H,17,19). The van der Waals surface area contributed by atoms with Gasteiger partial charge >= 0.3 is 0 Å². The van der Waals surface area contributed by atoms with Crippen molar-refractivity contribution < 1.29 is 14.7 Å². The number of hydrogen-bond donors (Lipinski definition) is 3. The van der Waals surface area contributed by atoms with Gasteiger partial charge in [-0.15, -0.1) is 0 Å². The highest BCUT2D eigenvalue weighted by molar-refractivity contribution is 9.10. The molecule has 0 heterocycles. The van der Waals surface area contributed by atoms with E-state index in [2.05, 4.69) is 26.6 Å². The molecule has 1 aliphatic rings. The van der Waals surface area contributed by atoms with Gasteiger partial charge in [0.2, 0.25) is 5.91 Å². The molecule has 6 heteroatoms. The molecule has 108 valence electrons. The van der Waals surface area contributed by atoms with E-state index in [1.807, 2.05) is 0 Å². The van der Waals surface area contributed by atoms with Gasteiger partial charge in [0.25, 0.3) is 5.91 Å². The molecule has 2 rings (SSSR count). The SMILES string of the molecule is O=C(CCCNC(=O)c1ccc(Br)cc1O)NC1CC1. The second-order valence-electron chi connectivity index (χ2n) is 4.86. The Balaban J connectivity index is 1.70. The summed E-state index contributed by atoms with van der Waals surface area (Å²) in [6, 6.07) is 5.08. The highest BCUT2D eigenvalue weighted by atomic mass is 79.9. The predicted octanol–water partition coefficient (Wildman–Crippen LogP) is 1.94. The van der Waals surface area contributed by atoms with E-state index in [9.17, 15) is 14.7 Å². The van der Waals surface area contributed by atoms with E-state index >= 15 is 0 Å². The summed E-state index contributed by atoms with van der Waals surface area (Å²) >= 11 is 3.21. The van der Waals surface area contributed by atoms with Gasteiger partial charge in [-0.1, -0.05) is 15.9 Å². The van der Waals surface area contributed by atoms with E-state index in [4.69, 9.17) is 0 Å². The molecule has 0 radical (unpaired) electrons. The minimum Gasteiger partial charge on any atom is -0.507 e. The number of halogens is 1. The Hall–Kier alpha value is -1.56. The average molecular weight is 341 g/mol. The zero-order valence-electron chi connectivity index (χ0n) is 11.0. The van der Waals surface area contributed by atoms with Crippen molar-refractivity contribution in [2.45, 2.75) is 31.7 Å². The summed E-state index contributed by atoms with van der Waals surface area (Å²) in [4.78, 5) is 23.3. The molecule has 2 amide bonds. The first kappa shape index (κ1) is 14.8. The van der Waals surface area contributed by atoms with E-state index in [1.54, 1.807) is 12.1 Å². The lowest BCUT2D eigenvalue weighted by Crippen LogP contribution is -2.28. The Morgan fingerprint density at radius 1 is 1.35 bits per heavy atom. The molecule has 3 N–H and O–H groups in total. The third-order valence-electron chi connectivity index (χ3n) is 3.01. The van der Waals surface area contributed by atoms with Crippen LogP contribution in [0.15, 0.2) is 22.7 Å². The number of rotatable bonds is 6. The number of hydrogen-bond acceptors (Lipinski definition) is 3. The van der Waals surface area contributed by atoms with Gasteiger partial charge in [-0.05, 0) is 37.5 Å². The van der Waals surface area contributed by atoms with Crippen LogP contribution in [0.1, 0.15) is 36.0 Å². The number of amides is 2. The predicted molar refractivity (Wildman–Crippen MR) is 78.5 cm³/mol. The molecule has 20 heavy (non-hydrogen) atoms. The van der Waals surface area contributed by atoms with Gasteiger partial charge < -0.3 is 15.7 Å². The van der Waals surface area contributed by atoms with Crippen LogP contribution >= 0.6 is 15.9 Å². The van der Waals surface area contributed by atoms with Gasteiger partial charge in [-0.3, -0.25) is 9.59 Å². The normalized spacial score (nSPS) is 13.8. The smallest absolute Gasteiger partial charge is 0.255 e. The van der Waals surface area contributed by atoms with Crippen molar-refractivity contribution in [3.05, 3.63) is 28.2 Å². The first-order chi connectivity index (χ1) is 9.56. The summed E-state index contributed by atoms with van der Waals surface area (Å²) in [5.74, 6) is -0.366. The van der Waals surface area contributed by atoms with Gasteiger partial charge in [0.15, 0.2) is 0 Å². The van der Waals surface area contributed by atoms with Crippen molar-refractivity contribution in [2.75, 3.05) is 6.54 Å². The second kappa shape index (κ2) is 6.74. The number of nitrogens with one attached hydrogen (secondary N) is 2. The quantitative estimate of drug-likeness (QED) is 0.692. The van der Waals surface area contributed by atoms with Crippen LogP contribution in [0.2, 0.25) is 0 Å². The van der Waals surface area contributed by atoms with Gasteiger partial charge in [0.05, 0.1) is 5.56 Å². The van der Waals surface area contributed by atoms with E-state index in [-0.39, 0.29) is 23.1 Å². The van der Waals surface area contributed by atoms with E-state index < -0.39 is 0 Å². The van der Waals surface area contributed by atoms with Crippen LogP contribution in [0.4, 0.5) is 0 Å². The molecular weight excluding hydrogens is 324 g/mol. The molecule has 1 aromatic rings. The van der Waals surface area contributed by atoms with E-state index in [1.165, 1.54) is 6.07 Å². The molecule has 0 aliphatic heterocycles. The fourth-order valence-electron chi connectivity index (χ4n) is 1.77. The molecule has 1 aliphatic carbocycles. The third kappa shape index (κ3) is 4.52. The molecule has 1 saturated carbocycles. The minimum atomic E-state index is -0.336. The van der Waals surface area contributed by atoms with Crippen molar-refractivity contribution in [1.82, 2.24) is 10.6 Å². The Kier molecular flexibility index (Phi) is 5.00. The highest BCUT2D eigenvalue weighted by Crippen LogP contribution is 2.22. The first-order valence-corrected chi connectivity index (χ1v) is 7.41. The number of phenols is 1. The van der Waals surface area contributed by atoms with Gasteiger partial charge in [0, 0.05) is 23.5 Å². The van der Waals surface area contributed by atoms with Crippen LogP contribution in [0.25, 0.3) is 0 Å². The lowest BCUT2D eigenvalue weighted by molar-refractivity contribution is -0.121. The van der Waals surface area contributed by atoms with Gasteiger partial charge in [0.1, 0.15) is 5.75 Å². The molecule has 0 saturated heterocycles. The summed E-state index contributed by atoms with van der Waals surface area (Å²) in [5.41, 5.74) is 0.232. The highest BCUT2D eigenvalue weighted by Gasteiger charge is 2.22. The van der Waals surface area contributed by atoms with E-state index in [0.29, 0.717) is 29.9 Å². The molecule has 0 unspecified atom stereocenters. The zero-order chi connectivity index (χ0) is 14.5. The van der Waals surface area contributed by atoms with Crippen molar-refractivity contribution >= 4 is 27.7 Å². The number of carbonyl (C=O) groups excluding carboxylic acids is 2. The minimum absolute atomic E-state index is 0.0354. The lowest BCUT2D eigenvalue weighted by Gasteiger charge is -2.07. The van der Waals surface area contributed by atoms with Crippen molar-refractivity contribution in [3.8, 4) is 5.75 Å². The Bertz CT molecular complexity index is 515. The summed E-state index contributed by atoms with van der Waals surface area (Å²) in [6.07, 6.45) is 3.14. The Morgan fingerprint density at radius 2 is 2.10 bits per heavy atom. The topological polar surface area (TPSA) is 78.4 Å². The van der Waals surface area contributed by atoms with Gasteiger partial charge in [-0.2, -0.15) is 0 Å². The second-order valence-corrected chi connectivity index (χ2v) is 5.78. The monoisotopic (exact) mass is 340 g/mol. The van der Waals surface area contributed by atoms with Crippen molar-refractivity contribution in [3.63, 3.8) is 0 Å². The number of phenolic OH excluding ortho intramolecular Hbond substituents is 1. The Morgan fingerprint density at radius 3 is 2.75 bits per heavy atom. The number of carbonyl (C=O) groups is 2. The van der Waals surface area contributed by atoms with Crippen LogP contribution in [-0.2, 0) is 4.79 Å². The molecule has 1 fully saturated rings. The van der Waals surface area contributed by atoms with Crippen LogP contribution in [0.3, 0.4) is 0 Å². The molecule has 0 bridgehead atoms. The summed E-state index contributed by atoms with van der Waals surface area (Å²) in [7, 11) is 0. The molecule has 1 aromatic carbocycles. The zero-order valence-corrected chi connectivity index (χ0v) is 12.6. The van der Waals surface area contributed by atoms with Crippen LogP contribution in [0, 0.1) is 0 Å². The van der Waals surface area contributed by atoms with Crippen molar-refractivity contribution in [1.29, 1.82) is 0 Å². The van der Waals surface area contributed by atoms with Crippen molar-refractivity contribution in [2.24, 2.45) is 0 Å². The largest absolute Gasteiger partial charge is 0.507 e. The maximum Gasteiger partial charge on any atom is 0.255 e. The van der Waals surface area contributed by atoms with E-state index in [0.717, 1.165) is 12.8 Å². The molecule has 0 spiro atoms. The number of aromatic hydroxyl groups is 1. The lowest BCUT2D eigenvalue weighted by atomic mass is 10.2. The summed E-state index contributed by atoms with van der Waals surface area (Å²) < 4.78 is 0.711. The van der Waals surface area contributed by atoms with Crippen LogP contribution < -0.4 is 10.6 Å². The number of benzene rings is 1. The summed E-state index contributed by atoms with van der Waals surface area (Å²) in [5, 5.41) is 15.2. The fraction of sp³-hybridized carbons (Fsp3) is 0.429. The maximum absolute atomic E-state index is 11.8. The van der Waals surface area contributed by atoms with Gasteiger partial charge in [-0.25, -0.2) is 0 Å². The molecule has 5 nitrogen and oxygen atoms in total. The molecular formula is C14H17BrN2O3. The average Bonchev–Trinajstić information content (AvgIpc) is 3.18.